The fraction of sp³-hybridized carbons (Fsp3) is 0.222. The number of aliphatic imine (C=N–C) groups is 1. The molecule has 1 saturated carbocycles. The van der Waals surface area contributed by atoms with Crippen LogP contribution in [0, 0.1) is 0 Å². The molecule has 0 radical (unpaired) electrons. The van der Waals surface area contributed by atoms with Gasteiger partial charge in [0.05, 0.1) is 24.0 Å². The summed E-state index contributed by atoms with van der Waals surface area (Å²) in [6.45, 7) is 0. The summed E-state index contributed by atoms with van der Waals surface area (Å²) in [5.41, 5.74) is 4.82. The van der Waals surface area contributed by atoms with Crippen LogP contribution in [0.3, 0.4) is 0 Å². The normalized spacial score (nSPS) is 17.2. The summed E-state index contributed by atoms with van der Waals surface area (Å²) in [6, 6.07) is 11.6. The topological polar surface area (TPSA) is 59.6 Å². The quantitative estimate of drug-likeness (QED) is 0.731. The third kappa shape index (κ3) is 2.00. The molecule has 1 aromatic carbocycles. The number of hydrogen-bond acceptors (Lipinski definition) is 4. The molecule has 0 spiro atoms. The molecule has 1 aliphatic heterocycles. The molecule has 1 fully saturated rings. The van der Waals surface area contributed by atoms with Gasteiger partial charge in [-0.25, -0.2) is 14.5 Å². The summed E-state index contributed by atoms with van der Waals surface area (Å²) in [7, 11) is 0. The molecular weight excluding hydrogens is 288 g/mol. The van der Waals surface area contributed by atoms with Crippen molar-refractivity contribution >= 4 is 22.8 Å². The zero-order valence-corrected chi connectivity index (χ0v) is 12.4. The van der Waals surface area contributed by atoms with E-state index in [9.17, 15) is 4.79 Å². The molecule has 5 nitrogen and oxygen atoms in total. The molecule has 5 heteroatoms. The van der Waals surface area contributed by atoms with Crippen LogP contribution in [0.15, 0.2) is 47.6 Å². The van der Waals surface area contributed by atoms with Crippen molar-refractivity contribution in [2.24, 2.45) is 4.99 Å². The SMILES string of the molecule is O=C1Cc2c(cnc3cc(C4CC4)nn23)N=C1c1ccccc1. The highest BCUT2D eigenvalue weighted by Crippen LogP contribution is 2.40. The van der Waals surface area contributed by atoms with Crippen LogP contribution < -0.4 is 0 Å². The van der Waals surface area contributed by atoms with Crippen molar-refractivity contribution in [3.8, 4) is 0 Å². The van der Waals surface area contributed by atoms with E-state index in [2.05, 4.69) is 15.1 Å². The highest BCUT2D eigenvalue weighted by molar-refractivity contribution is 6.47. The van der Waals surface area contributed by atoms with Crippen LogP contribution >= 0.6 is 0 Å². The number of nitrogens with zero attached hydrogens (tertiary/aromatic N) is 4. The Morgan fingerprint density at radius 1 is 1.13 bits per heavy atom. The summed E-state index contributed by atoms with van der Waals surface area (Å²) in [5.74, 6) is 0.592. The smallest absolute Gasteiger partial charge is 0.187 e. The molecule has 0 amide bonds. The maximum atomic E-state index is 12.6. The number of carbonyl (C=O) groups is 1. The Balaban J connectivity index is 1.67. The van der Waals surface area contributed by atoms with E-state index in [0.717, 1.165) is 28.3 Å². The molecule has 5 rings (SSSR count). The van der Waals surface area contributed by atoms with Gasteiger partial charge in [-0.15, -0.1) is 0 Å². The molecule has 0 atom stereocenters. The van der Waals surface area contributed by atoms with E-state index in [1.165, 1.54) is 12.8 Å². The predicted molar refractivity (Wildman–Crippen MR) is 86.3 cm³/mol. The van der Waals surface area contributed by atoms with Crippen LogP contribution in [0.5, 0.6) is 0 Å². The first-order valence-electron chi connectivity index (χ1n) is 7.84. The van der Waals surface area contributed by atoms with Crippen LogP contribution in [0.2, 0.25) is 0 Å². The van der Waals surface area contributed by atoms with Gasteiger partial charge in [-0.2, -0.15) is 5.10 Å². The number of fused-ring (bicyclic) bond motifs is 3. The first-order valence-corrected chi connectivity index (χ1v) is 7.84. The number of aromatic nitrogens is 3. The molecule has 0 unspecified atom stereocenters. The summed E-state index contributed by atoms with van der Waals surface area (Å²) in [5, 5.41) is 4.65. The number of rotatable bonds is 2. The van der Waals surface area contributed by atoms with E-state index in [1.807, 2.05) is 36.4 Å². The Morgan fingerprint density at radius 3 is 2.74 bits per heavy atom. The van der Waals surface area contributed by atoms with Gasteiger partial charge in [-0.3, -0.25) is 4.79 Å². The average molecular weight is 302 g/mol. The number of benzene rings is 1. The van der Waals surface area contributed by atoms with Gasteiger partial charge in [-0.1, -0.05) is 30.3 Å². The lowest BCUT2D eigenvalue weighted by Crippen LogP contribution is -2.23. The molecule has 112 valence electrons. The van der Waals surface area contributed by atoms with Crippen molar-refractivity contribution in [3.63, 3.8) is 0 Å². The second kappa shape index (κ2) is 4.59. The van der Waals surface area contributed by atoms with Gasteiger partial charge in [-0.05, 0) is 12.8 Å². The summed E-state index contributed by atoms with van der Waals surface area (Å²) in [4.78, 5) is 21.6. The molecule has 23 heavy (non-hydrogen) atoms. The van der Waals surface area contributed by atoms with Crippen LogP contribution in [0.25, 0.3) is 5.65 Å². The van der Waals surface area contributed by atoms with E-state index in [1.54, 1.807) is 10.7 Å². The minimum absolute atomic E-state index is 0.0275. The fourth-order valence-electron chi connectivity index (χ4n) is 3.07. The first kappa shape index (κ1) is 12.7. The second-order valence-electron chi connectivity index (χ2n) is 6.13. The number of ketones is 1. The zero-order chi connectivity index (χ0) is 15.4. The standard InChI is InChI=1S/C18H14N4O/c23-16-9-15-14(20-18(16)12-4-2-1-3-5-12)10-19-17-8-13(11-6-7-11)21-22(15)17/h1-5,8,10-11H,6-7,9H2. The molecule has 3 aromatic rings. The first-order chi connectivity index (χ1) is 11.3. The Bertz CT molecular complexity index is 967. The van der Waals surface area contributed by atoms with E-state index >= 15 is 0 Å². The summed E-state index contributed by atoms with van der Waals surface area (Å²) < 4.78 is 1.80. The number of hydrogen-bond donors (Lipinski definition) is 0. The van der Waals surface area contributed by atoms with E-state index < -0.39 is 0 Å². The Hall–Kier alpha value is -2.82. The van der Waals surface area contributed by atoms with E-state index in [-0.39, 0.29) is 5.78 Å². The lowest BCUT2D eigenvalue weighted by molar-refractivity contribution is -0.112. The maximum Gasteiger partial charge on any atom is 0.187 e. The van der Waals surface area contributed by atoms with Crippen LogP contribution in [0.1, 0.15) is 35.7 Å². The number of Topliss-reactive ketones (excluding diaryl/α,β-unsaturated/α-hetero) is 1. The monoisotopic (exact) mass is 302 g/mol. The van der Waals surface area contributed by atoms with Crippen molar-refractivity contribution < 1.29 is 4.79 Å². The van der Waals surface area contributed by atoms with Gasteiger partial charge in [0, 0.05) is 17.5 Å². The highest BCUT2D eigenvalue weighted by Gasteiger charge is 2.29. The van der Waals surface area contributed by atoms with Gasteiger partial charge >= 0.3 is 0 Å². The lowest BCUT2D eigenvalue weighted by atomic mass is 10.00. The lowest BCUT2D eigenvalue weighted by Gasteiger charge is -2.15. The molecule has 0 bridgehead atoms. The third-order valence-electron chi connectivity index (χ3n) is 4.45. The van der Waals surface area contributed by atoms with Gasteiger partial charge in [0.1, 0.15) is 11.4 Å². The summed E-state index contributed by atoms with van der Waals surface area (Å²) >= 11 is 0. The average Bonchev–Trinajstić information content (AvgIpc) is 3.34. The Morgan fingerprint density at radius 2 is 1.96 bits per heavy atom. The van der Waals surface area contributed by atoms with Crippen molar-refractivity contribution in [2.45, 2.75) is 25.2 Å². The van der Waals surface area contributed by atoms with Crippen LogP contribution in [0.4, 0.5) is 5.69 Å². The molecule has 2 aliphatic rings. The Labute approximate surface area is 132 Å². The zero-order valence-electron chi connectivity index (χ0n) is 12.4. The van der Waals surface area contributed by atoms with Crippen LogP contribution in [-0.2, 0) is 11.2 Å². The summed E-state index contributed by atoms with van der Waals surface area (Å²) in [6.07, 6.45) is 4.45. The van der Waals surface area contributed by atoms with Gasteiger partial charge in [0.15, 0.2) is 11.4 Å². The highest BCUT2D eigenvalue weighted by atomic mass is 16.1. The second-order valence-corrected chi connectivity index (χ2v) is 6.13. The minimum atomic E-state index is 0.0275. The Kier molecular flexibility index (Phi) is 2.53. The van der Waals surface area contributed by atoms with E-state index in [4.69, 9.17) is 0 Å². The number of carbonyl (C=O) groups excluding carboxylic acids is 1. The maximum absolute atomic E-state index is 12.6. The largest absolute Gasteiger partial charge is 0.292 e. The molecular formula is C18H14N4O. The molecule has 2 aromatic heterocycles. The molecule has 3 heterocycles. The fourth-order valence-corrected chi connectivity index (χ4v) is 3.07. The minimum Gasteiger partial charge on any atom is -0.292 e. The van der Waals surface area contributed by atoms with Gasteiger partial charge in [0.2, 0.25) is 0 Å². The van der Waals surface area contributed by atoms with Gasteiger partial charge < -0.3 is 0 Å². The molecule has 1 aliphatic carbocycles. The molecule has 0 N–H and O–H groups in total. The molecule has 0 saturated heterocycles. The van der Waals surface area contributed by atoms with Crippen molar-refractivity contribution in [2.75, 3.05) is 0 Å². The van der Waals surface area contributed by atoms with E-state index in [0.29, 0.717) is 18.1 Å². The van der Waals surface area contributed by atoms with Crippen LogP contribution in [-0.4, -0.2) is 26.1 Å². The predicted octanol–water partition coefficient (Wildman–Crippen LogP) is 2.85. The van der Waals surface area contributed by atoms with Crippen molar-refractivity contribution in [3.05, 3.63) is 59.5 Å². The van der Waals surface area contributed by atoms with Crippen molar-refractivity contribution in [1.82, 2.24) is 14.6 Å². The van der Waals surface area contributed by atoms with Gasteiger partial charge in [0.25, 0.3) is 0 Å². The third-order valence-corrected chi connectivity index (χ3v) is 4.45. The van der Waals surface area contributed by atoms with Crippen molar-refractivity contribution in [1.29, 1.82) is 0 Å².